The highest BCUT2D eigenvalue weighted by Crippen LogP contribution is 2.41. The van der Waals surface area contributed by atoms with Crippen molar-refractivity contribution in [2.45, 2.75) is 108 Å². The van der Waals surface area contributed by atoms with Crippen molar-refractivity contribution in [3.8, 4) is 0 Å². The third-order valence-electron chi connectivity index (χ3n) is 7.85. The number of aryl methyl sites for hydroxylation is 1. The van der Waals surface area contributed by atoms with Crippen LogP contribution in [0.3, 0.4) is 0 Å². The van der Waals surface area contributed by atoms with Crippen molar-refractivity contribution in [3.63, 3.8) is 0 Å². The van der Waals surface area contributed by atoms with Crippen molar-refractivity contribution < 1.29 is 13.6 Å². The van der Waals surface area contributed by atoms with Gasteiger partial charge >= 0.3 is 0 Å². The summed E-state index contributed by atoms with van der Waals surface area (Å²) in [6.07, 6.45) is 11.1. The van der Waals surface area contributed by atoms with Crippen molar-refractivity contribution in [2.24, 2.45) is 11.7 Å². The Morgan fingerprint density at radius 3 is 2.49 bits per heavy atom. The summed E-state index contributed by atoms with van der Waals surface area (Å²) in [5.74, 6) is 0.941. The summed E-state index contributed by atoms with van der Waals surface area (Å²) in [6.45, 7) is 11.1. The average molecular weight is 500 g/mol. The van der Waals surface area contributed by atoms with Gasteiger partial charge in [0.1, 0.15) is 12.4 Å². The highest BCUT2D eigenvalue weighted by molar-refractivity contribution is 6.74. The molecule has 194 valence electrons. The monoisotopic (exact) mass is 499 g/mol. The Labute approximate surface area is 212 Å². The molecule has 0 bridgehead atoms. The van der Waals surface area contributed by atoms with Gasteiger partial charge in [-0.3, -0.25) is 4.79 Å². The predicted molar refractivity (Wildman–Crippen MR) is 143 cm³/mol. The van der Waals surface area contributed by atoms with E-state index in [0.717, 1.165) is 12.8 Å². The number of aromatic nitrogens is 1. The minimum atomic E-state index is -2.19. The lowest BCUT2D eigenvalue weighted by Crippen LogP contribution is -2.51. The second-order valence-electron chi connectivity index (χ2n) is 11.7. The van der Waals surface area contributed by atoms with Crippen LogP contribution in [0.2, 0.25) is 18.1 Å². The van der Waals surface area contributed by atoms with E-state index in [9.17, 15) is 4.79 Å². The molecule has 0 saturated heterocycles. The fourth-order valence-corrected chi connectivity index (χ4v) is 5.87. The molecule has 1 fully saturated rings. The topological polar surface area (TPSA) is 90.4 Å². The molecule has 1 saturated carbocycles. The number of nitrogens with zero attached hydrogens (tertiary/aromatic N) is 1. The first-order valence-electron chi connectivity index (χ1n) is 13.2. The number of benzene rings is 1. The van der Waals surface area contributed by atoms with Crippen molar-refractivity contribution in [1.82, 2.24) is 10.3 Å². The van der Waals surface area contributed by atoms with Crippen LogP contribution in [0.4, 0.5) is 0 Å². The van der Waals surface area contributed by atoms with Crippen molar-refractivity contribution in [1.29, 1.82) is 0 Å². The van der Waals surface area contributed by atoms with E-state index in [4.69, 9.17) is 14.6 Å². The van der Waals surface area contributed by atoms with Gasteiger partial charge in [-0.2, -0.15) is 0 Å². The molecule has 1 aromatic carbocycles. The molecule has 0 radical (unpaired) electrons. The van der Waals surface area contributed by atoms with Crippen LogP contribution in [-0.4, -0.2) is 31.3 Å². The van der Waals surface area contributed by atoms with Crippen LogP contribution in [-0.2, 0) is 15.6 Å². The lowest BCUT2D eigenvalue weighted by atomic mass is 9.85. The first-order chi connectivity index (χ1) is 16.6. The van der Waals surface area contributed by atoms with Crippen molar-refractivity contribution in [3.05, 3.63) is 54.2 Å². The molecule has 1 heterocycles. The van der Waals surface area contributed by atoms with Gasteiger partial charge in [0.15, 0.2) is 8.32 Å². The summed E-state index contributed by atoms with van der Waals surface area (Å²) < 4.78 is 12.6. The lowest BCUT2D eigenvalue weighted by molar-refractivity contribution is -0.124. The van der Waals surface area contributed by atoms with E-state index >= 15 is 0 Å². The standard InChI is InChI=1S/C28H45N3O3Si/c1-28(2,3)35(4,5)34-25(27-30-18-19-33-27)24(17-16-21-12-8-6-9-13-21)31-26(32)23(29)20-22-14-10-7-11-15-22/h6,8-9,12-13,18-19,22-25H,7,10-11,14-17,20,29H2,1-5H3,(H,31,32)/t23-,24-,25?/m0/s1. The third kappa shape index (κ3) is 8.02. The van der Waals surface area contributed by atoms with Gasteiger partial charge in [0.25, 0.3) is 0 Å². The third-order valence-corrected chi connectivity index (χ3v) is 12.3. The molecule has 0 aliphatic heterocycles. The van der Waals surface area contributed by atoms with Crippen molar-refractivity contribution in [2.75, 3.05) is 0 Å². The second-order valence-corrected chi connectivity index (χ2v) is 16.4. The molecule has 0 spiro atoms. The molecule has 3 rings (SSSR count). The van der Waals surface area contributed by atoms with Gasteiger partial charge in [-0.25, -0.2) is 4.98 Å². The van der Waals surface area contributed by atoms with Crippen LogP contribution in [0.15, 0.2) is 47.2 Å². The molecule has 35 heavy (non-hydrogen) atoms. The van der Waals surface area contributed by atoms with Gasteiger partial charge < -0.3 is 19.9 Å². The molecule has 3 N–H and O–H groups in total. The number of hydrogen-bond acceptors (Lipinski definition) is 5. The number of oxazole rings is 1. The molecular formula is C28H45N3O3Si. The van der Waals surface area contributed by atoms with Gasteiger partial charge in [-0.1, -0.05) is 83.2 Å². The van der Waals surface area contributed by atoms with E-state index in [1.807, 2.05) is 18.2 Å². The number of rotatable bonds is 11. The number of carbonyl (C=O) groups excluding carboxylic acids is 1. The van der Waals surface area contributed by atoms with E-state index in [-0.39, 0.29) is 17.0 Å². The Hall–Kier alpha value is -1.96. The zero-order chi connectivity index (χ0) is 25.5. The van der Waals surface area contributed by atoms with Crippen LogP contribution in [0.5, 0.6) is 0 Å². The van der Waals surface area contributed by atoms with Gasteiger partial charge in [-0.05, 0) is 48.9 Å². The maximum Gasteiger partial charge on any atom is 0.237 e. The first-order valence-corrected chi connectivity index (χ1v) is 16.1. The molecule has 2 aromatic rings. The minimum Gasteiger partial charge on any atom is -0.446 e. The Bertz CT molecular complexity index is 890. The summed E-state index contributed by atoms with van der Waals surface area (Å²) in [4.78, 5) is 17.8. The summed E-state index contributed by atoms with van der Waals surface area (Å²) in [7, 11) is -2.19. The smallest absolute Gasteiger partial charge is 0.237 e. The van der Waals surface area contributed by atoms with Crippen LogP contribution in [0, 0.1) is 5.92 Å². The highest BCUT2D eigenvalue weighted by atomic mass is 28.4. The molecule has 1 aliphatic carbocycles. The summed E-state index contributed by atoms with van der Waals surface area (Å²) >= 11 is 0. The zero-order valence-electron chi connectivity index (χ0n) is 22.3. The Morgan fingerprint density at radius 1 is 1.20 bits per heavy atom. The fourth-order valence-electron chi connectivity index (χ4n) is 4.62. The minimum absolute atomic E-state index is 0.00319. The first kappa shape index (κ1) is 27.6. The van der Waals surface area contributed by atoms with Crippen LogP contribution in [0.1, 0.15) is 83.3 Å². The number of nitrogens with one attached hydrogen (secondary N) is 1. The number of amides is 1. The quantitative estimate of drug-likeness (QED) is 0.362. The van der Waals surface area contributed by atoms with Gasteiger partial charge in [0, 0.05) is 0 Å². The molecule has 7 heteroatoms. The summed E-state index contributed by atoms with van der Waals surface area (Å²) in [5.41, 5.74) is 7.65. The van der Waals surface area contributed by atoms with Gasteiger partial charge in [-0.15, -0.1) is 0 Å². The maximum atomic E-state index is 13.3. The Balaban J connectivity index is 1.81. The number of nitrogens with two attached hydrogens (primary N) is 1. The molecule has 6 nitrogen and oxygen atoms in total. The SMILES string of the molecule is CC(C)(C)[Si](C)(C)OC(c1ncco1)[C@H](CCc1ccccc1)NC(=O)[C@@H](N)CC1CCCCC1. The fraction of sp³-hybridized carbons (Fsp3) is 0.643. The molecule has 1 unspecified atom stereocenters. The average Bonchev–Trinajstić information content (AvgIpc) is 3.35. The molecule has 1 amide bonds. The van der Waals surface area contributed by atoms with E-state index < -0.39 is 20.5 Å². The highest BCUT2D eigenvalue weighted by Gasteiger charge is 2.43. The van der Waals surface area contributed by atoms with Crippen LogP contribution in [0.25, 0.3) is 0 Å². The second kappa shape index (κ2) is 12.3. The number of carbonyl (C=O) groups is 1. The van der Waals surface area contributed by atoms with Gasteiger partial charge in [0.2, 0.25) is 11.8 Å². The largest absolute Gasteiger partial charge is 0.446 e. The Kier molecular flexibility index (Phi) is 9.73. The lowest BCUT2D eigenvalue weighted by Gasteiger charge is -2.40. The molecule has 3 atom stereocenters. The number of hydrogen-bond donors (Lipinski definition) is 2. The van der Waals surface area contributed by atoms with E-state index in [1.165, 1.54) is 37.7 Å². The Morgan fingerprint density at radius 2 is 1.89 bits per heavy atom. The maximum absolute atomic E-state index is 13.3. The van der Waals surface area contributed by atoms with E-state index in [1.54, 1.807) is 12.5 Å². The van der Waals surface area contributed by atoms with Gasteiger partial charge in [0.05, 0.1) is 18.3 Å². The molecular weight excluding hydrogens is 454 g/mol. The van der Waals surface area contributed by atoms with E-state index in [0.29, 0.717) is 18.2 Å². The van der Waals surface area contributed by atoms with E-state index in [2.05, 4.69) is 56.3 Å². The summed E-state index contributed by atoms with van der Waals surface area (Å²) in [5, 5.41) is 3.28. The van der Waals surface area contributed by atoms with Crippen LogP contribution < -0.4 is 11.1 Å². The summed E-state index contributed by atoms with van der Waals surface area (Å²) in [6, 6.07) is 9.51. The zero-order valence-corrected chi connectivity index (χ0v) is 23.3. The predicted octanol–water partition coefficient (Wildman–Crippen LogP) is 6.15. The molecule has 1 aliphatic rings. The van der Waals surface area contributed by atoms with Crippen LogP contribution >= 0.6 is 0 Å². The molecule has 1 aromatic heterocycles. The van der Waals surface area contributed by atoms with Crippen molar-refractivity contribution >= 4 is 14.2 Å². The normalized spacial score (nSPS) is 18.1.